The molecule has 96 valence electrons. The largest absolute Gasteiger partial charge is 0.314 e. The van der Waals surface area contributed by atoms with E-state index in [2.05, 4.69) is 5.32 Å². The fraction of sp³-hybridized carbons (Fsp3) is 1.00. The number of piperidine rings is 1. The third kappa shape index (κ3) is 1.69. The normalized spacial score (nSPS) is 53.6. The summed E-state index contributed by atoms with van der Waals surface area (Å²) in [6.07, 6.45) is 13.9. The lowest BCUT2D eigenvalue weighted by Gasteiger charge is -2.46. The van der Waals surface area contributed by atoms with Gasteiger partial charge in [-0.05, 0) is 74.7 Å². The summed E-state index contributed by atoms with van der Waals surface area (Å²) >= 11 is 0. The summed E-state index contributed by atoms with van der Waals surface area (Å²) in [4.78, 5) is 0. The van der Waals surface area contributed by atoms with Gasteiger partial charge in [0.1, 0.15) is 0 Å². The molecule has 3 aliphatic carbocycles. The minimum absolute atomic E-state index is 0.908. The van der Waals surface area contributed by atoms with Crippen molar-refractivity contribution < 1.29 is 0 Å². The van der Waals surface area contributed by atoms with Crippen LogP contribution in [0.15, 0.2) is 0 Å². The smallest absolute Gasteiger partial charge is 0.00982 e. The van der Waals surface area contributed by atoms with Gasteiger partial charge in [-0.2, -0.15) is 0 Å². The van der Waals surface area contributed by atoms with Gasteiger partial charge in [-0.25, -0.2) is 0 Å². The molecule has 0 aromatic heterocycles. The molecule has 1 heteroatoms. The first-order valence-electron chi connectivity index (χ1n) is 8.17. The van der Waals surface area contributed by atoms with Crippen LogP contribution in [0.1, 0.15) is 57.8 Å². The van der Waals surface area contributed by atoms with Crippen LogP contribution in [0, 0.1) is 29.6 Å². The summed E-state index contributed by atoms with van der Waals surface area (Å²) in [7, 11) is 0. The van der Waals surface area contributed by atoms with E-state index in [1.165, 1.54) is 32.2 Å². The van der Waals surface area contributed by atoms with E-state index in [9.17, 15) is 0 Å². The molecule has 0 aromatic carbocycles. The first-order chi connectivity index (χ1) is 8.43. The molecule has 1 heterocycles. The Labute approximate surface area is 106 Å². The molecule has 0 radical (unpaired) electrons. The summed E-state index contributed by atoms with van der Waals surface area (Å²) in [5.74, 6) is 5.60. The molecule has 4 aliphatic rings. The molecule has 4 rings (SSSR count). The van der Waals surface area contributed by atoms with Crippen molar-refractivity contribution in [2.45, 2.75) is 63.8 Å². The van der Waals surface area contributed by atoms with Crippen molar-refractivity contribution in [3.8, 4) is 0 Å². The quantitative estimate of drug-likeness (QED) is 0.674. The Kier molecular flexibility index (Phi) is 2.72. The molecule has 0 amide bonds. The Morgan fingerprint density at radius 1 is 0.706 bits per heavy atom. The standard InChI is InChI=1S/C16H27N/c1-2-5-13-11(4-1)10-12-7-8-15-14(16(12)13)6-3-9-17-15/h11-17H,1-10H2. The Bertz CT molecular complexity index is 285. The lowest BCUT2D eigenvalue weighted by molar-refractivity contribution is 0.0632. The van der Waals surface area contributed by atoms with Gasteiger partial charge in [0.2, 0.25) is 0 Å². The summed E-state index contributed by atoms with van der Waals surface area (Å²) < 4.78 is 0. The van der Waals surface area contributed by atoms with Gasteiger partial charge in [0.25, 0.3) is 0 Å². The van der Waals surface area contributed by atoms with Crippen LogP contribution >= 0.6 is 0 Å². The molecule has 0 spiro atoms. The molecule has 3 saturated carbocycles. The van der Waals surface area contributed by atoms with Gasteiger partial charge in [-0.15, -0.1) is 0 Å². The van der Waals surface area contributed by atoms with Gasteiger partial charge in [0.05, 0.1) is 0 Å². The number of rotatable bonds is 0. The highest BCUT2D eigenvalue weighted by molar-refractivity contribution is 5.02. The van der Waals surface area contributed by atoms with E-state index >= 15 is 0 Å². The summed E-state index contributed by atoms with van der Waals surface area (Å²) in [6, 6.07) is 0.908. The Hall–Kier alpha value is -0.0400. The Morgan fingerprint density at radius 2 is 1.59 bits per heavy atom. The molecular weight excluding hydrogens is 206 g/mol. The van der Waals surface area contributed by atoms with E-state index in [1.807, 2.05) is 0 Å². The van der Waals surface area contributed by atoms with E-state index in [0.717, 1.165) is 35.6 Å². The number of fused-ring (bicyclic) bond motifs is 5. The van der Waals surface area contributed by atoms with Crippen LogP contribution in [0.4, 0.5) is 0 Å². The second-order valence-corrected chi connectivity index (χ2v) is 7.23. The molecule has 17 heavy (non-hydrogen) atoms. The molecule has 1 saturated heterocycles. The van der Waals surface area contributed by atoms with Crippen LogP contribution in [0.3, 0.4) is 0 Å². The first-order valence-corrected chi connectivity index (χ1v) is 8.17. The fourth-order valence-corrected chi connectivity index (χ4v) is 6.06. The van der Waals surface area contributed by atoms with Crippen molar-refractivity contribution in [3.63, 3.8) is 0 Å². The minimum Gasteiger partial charge on any atom is -0.314 e. The van der Waals surface area contributed by atoms with Gasteiger partial charge in [0.15, 0.2) is 0 Å². The van der Waals surface area contributed by atoms with Crippen LogP contribution < -0.4 is 5.32 Å². The molecule has 4 fully saturated rings. The van der Waals surface area contributed by atoms with Gasteiger partial charge < -0.3 is 5.32 Å². The third-order valence-electron chi connectivity index (χ3n) is 6.59. The number of hydrogen-bond acceptors (Lipinski definition) is 1. The average molecular weight is 233 g/mol. The monoisotopic (exact) mass is 233 g/mol. The van der Waals surface area contributed by atoms with Crippen molar-refractivity contribution in [3.05, 3.63) is 0 Å². The van der Waals surface area contributed by atoms with Crippen LogP contribution in [-0.2, 0) is 0 Å². The topological polar surface area (TPSA) is 12.0 Å². The van der Waals surface area contributed by atoms with Gasteiger partial charge in [-0.1, -0.05) is 19.3 Å². The fourth-order valence-electron chi connectivity index (χ4n) is 6.06. The zero-order valence-electron chi connectivity index (χ0n) is 11.0. The van der Waals surface area contributed by atoms with Crippen LogP contribution in [0.2, 0.25) is 0 Å². The highest BCUT2D eigenvalue weighted by atomic mass is 14.9. The van der Waals surface area contributed by atoms with E-state index in [-0.39, 0.29) is 0 Å². The zero-order valence-corrected chi connectivity index (χ0v) is 11.0. The average Bonchev–Trinajstić information content (AvgIpc) is 2.77. The maximum atomic E-state index is 3.83. The molecule has 1 nitrogen and oxygen atoms in total. The van der Waals surface area contributed by atoms with Crippen molar-refractivity contribution >= 4 is 0 Å². The van der Waals surface area contributed by atoms with Crippen LogP contribution in [0.25, 0.3) is 0 Å². The third-order valence-corrected chi connectivity index (χ3v) is 6.59. The Morgan fingerprint density at radius 3 is 2.59 bits per heavy atom. The summed E-state index contributed by atoms with van der Waals surface area (Å²) in [5, 5.41) is 3.83. The predicted molar refractivity (Wildman–Crippen MR) is 70.8 cm³/mol. The second-order valence-electron chi connectivity index (χ2n) is 7.23. The lowest BCUT2D eigenvalue weighted by Crippen LogP contribution is -2.49. The van der Waals surface area contributed by atoms with Gasteiger partial charge >= 0.3 is 0 Å². The highest BCUT2D eigenvalue weighted by Gasteiger charge is 2.51. The van der Waals surface area contributed by atoms with E-state index in [0.29, 0.717) is 0 Å². The van der Waals surface area contributed by atoms with Crippen LogP contribution in [-0.4, -0.2) is 12.6 Å². The van der Waals surface area contributed by atoms with Crippen molar-refractivity contribution in [1.29, 1.82) is 0 Å². The predicted octanol–water partition coefficient (Wildman–Crippen LogP) is 3.59. The van der Waals surface area contributed by atoms with Crippen molar-refractivity contribution in [1.82, 2.24) is 5.32 Å². The molecule has 6 atom stereocenters. The molecular formula is C16H27N. The SMILES string of the molecule is C1CCC2C(C1)CC1CCC3NCCCC3C12. The molecule has 1 N–H and O–H groups in total. The zero-order chi connectivity index (χ0) is 11.2. The molecule has 1 aliphatic heterocycles. The highest BCUT2D eigenvalue weighted by Crippen LogP contribution is 2.57. The summed E-state index contributed by atoms with van der Waals surface area (Å²) in [5.41, 5.74) is 0. The summed E-state index contributed by atoms with van der Waals surface area (Å²) in [6.45, 7) is 1.30. The molecule has 0 bridgehead atoms. The second kappa shape index (κ2) is 4.26. The van der Waals surface area contributed by atoms with Crippen LogP contribution in [0.5, 0.6) is 0 Å². The van der Waals surface area contributed by atoms with E-state index < -0.39 is 0 Å². The molecule has 6 unspecified atom stereocenters. The molecule has 0 aromatic rings. The number of hydrogen-bond donors (Lipinski definition) is 1. The lowest BCUT2D eigenvalue weighted by atomic mass is 9.64. The van der Waals surface area contributed by atoms with Crippen molar-refractivity contribution in [2.24, 2.45) is 29.6 Å². The minimum atomic E-state index is 0.908. The number of nitrogens with one attached hydrogen (secondary N) is 1. The van der Waals surface area contributed by atoms with Gasteiger partial charge in [0, 0.05) is 6.04 Å². The maximum Gasteiger partial charge on any atom is 0.00982 e. The Balaban J connectivity index is 1.59. The maximum absolute atomic E-state index is 3.83. The van der Waals surface area contributed by atoms with E-state index in [4.69, 9.17) is 0 Å². The first kappa shape index (κ1) is 10.8. The van der Waals surface area contributed by atoms with Crippen molar-refractivity contribution in [2.75, 3.05) is 6.54 Å². The van der Waals surface area contributed by atoms with Gasteiger partial charge in [-0.3, -0.25) is 0 Å². The van der Waals surface area contributed by atoms with E-state index in [1.54, 1.807) is 32.1 Å².